The third kappa shape index (κ3) is 4.74. The predicted octanol–water partition coefficient (Wildman–Crippen LogP) is 6.89. The molecule has 0 saturated carbocycles. The molecule has 0 unspecified atom stereocenters. The van der Waals surface area contributed by atoms with Gasteiger partial charge >= 0.3 is 0 Å². The molecule has 0 saturated heterocycles. The van der Waals surface area contributed by atoms with Crippen molar-refractivity contribution < 1.29 is 13.2 Å². The lowest BCUT2D eigenvalue weighted by atomic mass is 10.0. The van der Waals surface area contributed by atoms with Crippen LogP contribution in [0.4, 0.5) is 30.2 Å². The van der Waals surface area contributed by atoms with Crippen molar-refractivity contribution in [1.29, 1.82) is 5.26 Å². The van der Waals surface area contributed by atoms with E-state index in [1.807, 2.05) is 18.2 Å². The molecule has 184 valence electrons. The van der Waals surface area contributed by atoms with Crippen molar-refractivity contribution in [3.8, 4) is 6.07 Å². The summed E-state index contributed by atoms with van der Waals surface area (Å²) in [4.78, 5) is 4.25. The molecule has 0 radical (unpaired) electrons. The zero-order valence-electron chi connectivity index (χ0n) is 18.5. The molecule has 0 aliphatic heterocycles. The number of nitrogens with one attached hydrogen (secondary N) is 3. The Labute approximate surface area is 217 Å². The highest BCUT2D eigenvalue weighted by molar-refractivity contribution is 6.36. The smallest absolute Gasteiger partial charge is 0.196 e. The van der Waals surface area contributed by atoms with Crippen LogP contribution in [-0.2, 0) is 0 Å². The third-order valence-corrected chi connectivity index (χ3v) is 6.12. The van der Waals surface area contributed by atoms with Crippen molar-refractivity contribution in [2.45, 2.75) is 6.04 Å². The maximum absolute atomic E-state index is 14.4. The lowest BCUT2D eigenvalue weighted by Gasteiger charge is -2.20. The van der Waals surface area contributed by atoms with Crippen molar-refractivity contribution in [1.82, 2.24) is 20.4 Å². The number of aromatic amines is 1. The second-order valence-electron chi connectivity index (χ2n) is 7.88. The summed E-state index contributed by atoms with van der Waals surface area (Å²) in [5.41, 5.74) is 2.00. The van der Waals surface area contributed by atoms with Crippen molar-refractivity contribution in [3.05, 3.63) is 105 Å². The molecular formula is C25H14Cl2F3N7. The minimum atomic E-state index is -1.64. The first kappa shape index (κ1) is 24.4. The Kier molecular flexibility index (Phi) is 6.56. The van der Waals surface area contributed by atoms with Crippen LogP contribution in [0.2, 0.25) is 10.0 Å². The number of nitriles is 1. The highest BCUT2D eigenvalue weighted by Crippen LogP contribution is 2.37. The zero-order chi connectivity index (χ0) is 26.1. The van der Waals surface area contributed by atoms with Gasteiger partial charge in [0.05, 0.1) is 39.7 Å². The first-order chi connectivity index (χ1) is 17.9. The monoisotopic (exact) mass is 539 g/mol. The first-order valence-electron chi connectivity index (χ1n) is 10.7. The molecule has 0 spiro atoms. The molecule has 3 aromatic carbocycles. The van der Waals surface area contributed by atoms with Crippen LogP contribution in [0, 0.1) is 28.8 Å². The molecule has 0 aliphatic carbocycles. The Hall–Kier alpha value is -4.33. The summed E-state index contributed by atoms with van der Waals surface area (Å²) in [6.07, 6.45) is 2.82. The number of H-pyrrole nitrogens is 1. The minimum absolute atomic E-state index is 0.0376. The van der Waals surface area contributed by atoms with Crippen LogP contribution >= 0.6 is 23.2 Å². The topological polar surface area (TPSA) is 102 Å². The zero-order valence-corrected chi connectivity index (χ0v) is 20.0. The average Bonchev–Trinajstić information content (AvgIpc) is 3.43. The summed E-state index contributed by atoms with van der Waals surface area (Å²) in [6.45, 7) is 0. The molecule has 0 amide bonds. The summed E-state index contributed by atoms with van der Waals surface area (Å²) in [7, 11) is 0. The second-order valence-corrected chi connectivity index (χ2v) is 8.73. The fourth-order valence-electron chi connectivity index (χ4n) is 3.82. The first-order valence-corrected chi connectivity index (χ1v) is 11.4. The van der Waals surface area contributed by atoms with E-state index in [9.17, 15) is 18.4 Å². The Morgan fingerprint density at radius 3 is 2.46 bits per heavy atom. The minimum Gasteiger partial charge on any atom is -0.373 e. The summed E-state index contributed by atoms with van der Waals surface area (Å²) in [6, 6.07) is 13.7. The van der Waals surface area contributed by atoms with Crippen LogP contribution in [-0.4, -0.2) is 20.4 Å². The summed E-state index contributed by atoms with van der Waals surface area (Å²) >= 11 is 12.6. The van der Waals surface area contributed by atoms with Crippen LogP contribution in [0.25, 0.3) is 10.9 Å². The fraction of sp³-hybridized carbons (Fsp3) is 0.0400. The Morgan fingerprint density at radius 2 is 1.76 bits per heavy atom. The number of hydrogen-bond donors (Lipinski definition) is 3. The van der Waals surface area contributed by atoms with E-state index in [-0.39, 0.29) is 22.0 Å². The van der Waals surface area contributed by atoms with Gasteiger partial charge in [-0.15, -0.1) is 0 Å². The molecule has 5 rings (SSSR count). The van der Waals surface area contributed by atoms with Crippen LogP contribution < -0.4 is 10.6 Å². The van der Waals surface area contributed by atoms with Gasteiger partial charge in [-0.05, 0) is 42.0 Å². The molecule has 0 bridgehead atoms. The summed E-state index contributed by atoms with van der Waals surface area (Å²) in [5.74, 6) is -4.40. The molecule has 2 heterocycles. The lowest BCUT2D eigenvalue weighted by Crippen LogP contribution is -2.13. The predicted molar refractivity (Wildman–Crippen MR) is 134 cm³/mol. The molecule has 0 aliphatic rings. The van der Waals surface area contributed by atoms with Gasteiger partial charge in [-0.25, -0.2) is 13.2 Å². The van der Waals surface area contributed by atoms with Gasteiger partial charge in [0.1, 0.15) is 11.8 Å². The number of halogens is 5. The highest BCUT2D eigenvalue weighted by Gasteiger charge is 2.21. The summed E-state index contributed by atoms with van der Waals surface area (Å²) < 4.78 is 41.8. The maximum Gasteiger partial charge on any atom is 0.196 e. The molecule has 3 N–H and O–H groups in total. The number of fused-ring (bicyclic) bond motifs is 1. The standard InChI is InChI=1S/C25H14Cl2F3N7/c26-14-3-1-12(2-4-14)24(20-11-33-37-36-20)34-15-7-16-23(13(9-31)10-32-25(16)17(27)8-15)35-19-6-5-18(28)21(29)22(19)30/h1-8,10-11,24,34H,(H,32,35)(H,33,36,37)/t24-/m0/s1. The quantitative estimate of drug-likeness (QED) is 0.203. The van der Waals surface area contributed by atoms with E-state index in [4.69, 9.17) is 23.2 Å². The van der Waals surface area contributed by atoms with Gasteiger partial charge in [-0.1, -0.05) is 35.3 Å². The second kappa shape index (κ2) is 9.97. The van der Waals surface area contributed by atoms with Crippen LogP contribution in [0.15, 0.2) is 60.9 Å². The van der Waals surface area contributed by atoms with Gasteiger partial charge in [0.15, 0.2) is 17.5 Å². The van der Waals surface area contributed by atoms with Gasteiger partial charge in [-0.2, -0.15) is 20.7 Å². The molecule has 5 aromatic rings. The molecule has 7 nitrogen and oxygen atoms in total. The SMILES string of the molecule is N#Cc1cnc2c(Cl)cc(N[C@@H](c3ccc(Cl)cc3)c3cn[nH]n3)cc2c1Nc1ccc(F)c(F)c1F. The number of aromatic nitrogens is 4. The van der Waals surface area contributed by atoms with E-state index in [1.54, 1.807) is 30.5 Å². The van der Waals surface area contributed by atoms with E-state index >= 15 is 0 Å². The fourth-order valence-corrected chi connectivity index (χ4v) is 4.21. The number of pyridine rings is 1. The van der Waals surface area contributed by atoms with E-state index in [0.29, 0.717) is 27.3 Å². The molecular weight excluding hydrogens is 526 g/mol. The molecule has 12 heteroatoms. The van der Waals surface area contributed by atoms with Crippen molar-refractivity contribution in [3.63, 3.8) is 0 Å². The van der Waals surface area contributed by atoms with Gasteiger partial charge in [-0.3, -0.25) is 4.98 Å². The normalized spacial score (nSPS) is 11.8. The van der Waals surface area contributed by atoms with Crippen LogP contribution in [0.5, 0.6) is 0 Å². The maximum atomic E-state index is 14.4. The Morgan fingerprint density at radius 1 is 0.973 bits per heavy atom. The lowest BCUT2D eigenvalue weighted by molar-refractivity contribution is 0.449. The number of benzene rings is 3. The summed E-state index contributed by atoms with van der Waals surface area (Å²) in [5, 5.41) is 27.5. The van der Waals surface area contributed by atoms with Crippen molar-refractivity contribution in [2.24, 2.45) is 0 Å². The molecule has 2 aromatic heterocycles. The number of rotatable bonds is 6. The van der Waals surface area contributed by atoms with Gasteiger partial charge in [0.25, 0.3) is 0 Å². The van der Waals surface area contributed by atoms with Gasteiger partial charge in [0, 0.05) is 22.3 Å². The number of hydrogen-bond acceptors (Lipinski definition) is 6. The van der Waals surface area contributed by atoms with Gasteiger partial charge < -0.3 is 10.6 Å². The molecule has 37 heavy (non-hydrogen) atoms. The largest absolute Gasteiger partial charge is 0.373 e. The molecule has 1 atom stereocenters. The van der Waals surface area contributed by atoms with Crippen molar-refractivity contribution in [2.75, 3.05) is 10.6 Å². The third-order valence-electron chi connectivity index (χ3n) is 5.58. The highest BCUT2D eigenvalue weighted by atomic mass is 35.5. The Bertz CT molecular complexity index is 1650. The number of nitrogens with zero attached hydrogens (tertiary/aromatic N) is 4. The number of anilines is 3. The van der Waals surface area contributed by atoms with E-state index in [0.717, 1.165) is 17.7 Å². The van der Waals surface area contributed by atoms with E-state index < -0.39 is 23.5 Å². The van der Waals surface area contributed by atoms with Crippen LogP contribution in [0.1, 0.15) is 22.9 Å². The molecule has 0 fully saturated rings. The van der Waals surface area contributed by atoms with Gasteiger partial charge in [0.2, 0.25) is 0 Å². The van der Waals surface area contributed by atoms with Crippen LogP contribution in [0.3, 0.4) is 0 Å². The Balaban J connectivity index is 1.63. The van der Waals surface area contributed by atoms with E-state index in [1.165, 1.54) is 6.20 Å². The average molecular weight is 540 g/mol. The van der Waals surface area contributed by atoms with Crippen molar-refractivity contribution >= 4 is 51.2 Å². The van der Waals surface area contributed by atoms with E-state index in [2.05, 4.69) is 31.0 Å².